The number of ether oxygens (including phenoxy) is 1. The lowest BCUT2D eigenvalue weighted by atomic mass is 10.2. The highest BCUT2D eigenvalue weighted by molar-refractivity contribution is 5.92. The highest BCUT2D eigenvalue weighted by Crippen LogP contribution is 2.38. The number of alkyl halides is 3. The van der Waals surface area contributed by atoms with Gasteiger partial charge in [0.05, 0.1) is 4.92 Å². The molecule has 0 bridgehead atoms. The summed E-state index contributed by atoms with van der Waals surface area (Å²) >= 11 is 0. The molecule has 154 valence electrons. The van der Waals surface area contributed by atoms with E-state index in [0.29, 0.717) is 6.08 Å². The number of nitrogens with zero attached hydrogens (tertiary/aromatic N) is 2. The van der Waals surface area contributed by atoms with E-state index in [0.717, 1.165) is 6.07 Å². The van der Waals surface area contributed by atoms with Gasteiger partial charge in [-0.15, -0.1) is 0 Å². The molecule has 1 aliphatic heterocycles. The highest BCUT2D eigenvalue weighted by Gasteiger charge is 2.61. The zero-order valence-electron chi connectivity index (χ0n) is 14.8. The van der Waals surface area contributed by atoms with Crippen LogP contribution < -0.4 is 10.2 Å². The van der Waals surface area contributed by atoms with Gasteiger partial charge in [-0.3, -0.25) is 20.3 Å². The molecule has 0 saturated carbocycles. The lowest BCUT2D eigenvalue weighted by Gasteiger charge is -2.33. The van der Waals surface area contributed by atoms with Crippen LogP contribution in [0.15, 0.2) is 52.6 Å². The third-order valence-electron chi connectivity index (χ3n) is 3.97. The minimum Gasteiger partial charge on any atom is -0.486 e. The Kier molecular flexibility index (Phi) is 4.96. The van der Waals surface area contributed by atoms with Crippen LogP contribution in [0.25, 0.3) is 0 Å². The molecule has 1 atom stereocenters. The molecule has 1 aliphatic rings. The topological polar surface area (TPSA) is 118 Å². The summed E-state index contributed by atoms with van der Waals surface area (Å²) in [5.41, 5.74) is -1.54. The van der Waals surface area contributed by atoms with Crippen molar-refractivity contribution in [2.45, 2.75) is 25.4 Å². The third kappa shape index (κ3) is 3.87. The van der Waals surface area contributed by atoms with Crippen molar-refractivity contribution in [3.05, 3.63) is 69.8 Å². The largest absolute Gasteiger partial charge is 0.486 e. The fraction of sp³-hybridized carbons (Fsp3) is 0.235. The van der Waals surface area contributed by atoms with E-state index >= 15 is 0 Å². The molecular formula is C17H14F3N3O6. The van der Waals surface area contributed by atoms with Crippen molar-refractivity contribution in [3.63, 3.8) is 0 Å². The first-order chi connectivity index (χ1) is 13.5. The van der Waals surface area contributed by atoms with E-state index in [1.54, 1.807) is 0 Å². The Labute approximate surface area is 161 Å². The predicted octanol–water partition coefficient (Wildman–Crippen LogP) is 2.88. The molecular weight excluding hydrogens is 399 g/mol. The minimum atomic E-state index is -5.14. The maximum absolute atomic E-state index is 13.2. The smallest absolute Gasteiger partial charge is 0.442 e. The van der Waals surface area contributed by atoms with Crippen LogP contribution in [0.2, 0.25) is 0 Å². The molecule has 0 fully saturated rings. The number of non-ortho nitro benzene ring substituents is 1. The number of hydrogen-bond acceptors (Lipinski definition) is 7. The second-order valence-corrected chi connectivity index (χ2v) is 6.11. The Bertz CT molecular complexity index is 970. The van der Waals surface area contributed by atoms with Crippen LogP contribution in [-0.4, -0.2) is 32.8 Å². The molecule has 12 heteroatoms. The predicted molar refractivity (Wildman–Crippen MR) is 90.2 cm³/mol. The Hall–Kier alpha value is -3.54. The average Bonchev–Trinajstić information content (AvgIpc) is 3.24. The summed E-state index contributed by atoms with van der Waals surface area (Å²) in [5.74, 6) is -1.29. The maximum Gasteiger partial charge on any atom is 0.442 e. The lowest BCUT2D eigenvalue weighted by Crippen LogP contribution is -2.60. The lowest BCUT2D eigenvalue weighted by molar-refractivity contribution is -0.384. The number of amides is 1. The number of carbonyl (C=O) groups is 1. The third-order valence-corrected chi connectivity index (χ3v) is 3.97. The minimum absolute atomic E-state index is 0.0299. The Morgan fingerprint density at radius 1 is 1.31 bits per heavy atom. The van der Waals surface area contributed by atoms with Crippen LogP contribution in [0, 0.1) is 10.1 Å². The van der Waals surface area contributed by atoms with E-state index in [4.69, 9.17) is 9.15 Å². The number of allylic oxidation sites excluding steroid dienone is 1. The molecule has 2 heterocycles. The molecule has 2 aromatic rings. The Balaban J connectivity index is 1.69. The number of aliphatic hydroxyl groups is 1. The van der Waals surface area contributed by atoms with Crippen LogP contribution in [-0.2, 0) is 6.61 Å². The molecule has 2 N–H and O–H groups in total. The van der Waals surface area contributed by atoms with Crippen molar-refractivity contribution >= 4 is 11.6 Å². The van der Waals surface area contributed by atoms with Gasteiger partial charge >= 0.3 is 12.1 Å². The van der Waals surface area contributed by atoms with Crippen molar-refractivity contribution in [2.24, 2.45) is 0 Å². The van der Waals surface area contributed by atoms with Gasteiger partial charge in [-0.1, -0.05) is 0 Å². The maximum atomic E-state index is 13.2. The van der Waals surface area contributed by atoms with Crippen LogP contribution in [0.3, 0.4) is 0 Å². The number of nitrogens with one attached hydrogen (secondary N) is 1. The van der Waals surface area contributed by atoms with Crippen molar-refractivity contribution in [1.29, 1.82) is 0 Å². The number of nitro benzene ring substituents is 1. The molecule has 0 radical (unpaired) electrons. The first kappa shape index (κ1) is 20.2. The van der Waals surface area contributed by atoms with Gasteiger partial charge in [0.25, 0.3) is 11.4 Å². The van der Waals surface area contributed by atoms with Gasteiger partial charge in [-0.25, -0.2) is 5.01 Å². The van der Waals surface area contributed by atoms with E-state index in [9.17, 15) is 33.2 Å². The van der Waals surface area contributed by atoms with E-state index < -0.39 is 28.5 Å². The van der Waals surface area contributed by atoms with Gasteiger partial charge < -0.3 is 14.3 Å². The Morgan fingerprint density at radius 2 is 1.97 bits per heavy atom. The second-order valence-electron chi connectivity index (χ2n) is 6.11. The van der Waals surface area contributed by atoms with Crippen molar-refractivity contribution in [3.8, 4) is 5.75 Å². The molecule has 0 spiro atoms. The zero-order chi connectivity index (χ0) is 21.4. The number of hydrogen-bond donors (Lipinski definition) is 2. The number of carbonyl (C=O) groups excluding carboxylic acids is 1. The number of hydrazine groups is 1. The van der Waals surface area contributed by atoms with Crippen LogP contribution in [0.4, 0.5) is 18.9 Å². The summed E-state index contributed by atoms with van der Waals surface area (Å²) in [4.78, 5) is 22.5. The van der Waals surface area contributed by atoms with Crippen LogP contribution in [0.1, 0.15) is 23.2 Å². The van der Waals surface area contributed by atoms with Crippen molar-refractivity contribution < 1.29 is 37.1 Å². The molecule has 0 aliphatic carbocycles. The summed E-state index contributed by atoms with van der Waals surface area (Å²) in [6.45, 7) is 1.08. The van der Waals surface area contributed by atoms with E-state index in [1.807, 2.05) is 0 Å². The van der Waals surface area contributed by atoms with Gasteiger partial charge in [-0.2, -0.15) is 13.2 Å². The van der Waals surface area contributed by atoms with Crippen LogP contribution >= 0.6 is 0 Å². The molecule has 1 aromatic heterocycles. The van der Waals surface area contributed by atoms with Gasteiger partial charge in [0.1, 0.15) is 18.1 Å². The van der Waals surface area contributed by atoms with Gasteiger partial charge in [0.2, 0.25) is 0 Å². The monoisotopic (exact) mass is 413 g/mol. The van der Waals surface area contributed by atoms with Crippen molar-refractivity contribution in [2.75, 3.05) is 0 Å². The molecule has 1 amide bonds. The summed E-state index contributed by atoms with van der Waals surface area (Å²) in [7, 11) is 0. The number of rotatable bonds is 5. The normalized spacial score (nSPS) is 18.9. The summed E-state index contributed by atoms with van der Waals surface area (Å²) < 4.78 is 50.2. The van der Waals surface area contributed by atoms with Crippen molar-refractivity contribution in [1.82, 2.24) is 10.4 Å². The van der Waals surface area contributed by atoms with E-state index in [1.165, 1.54) is 37.3 Å². The first-order valence-corrected chi connectivity index (χ1v) is 8.07. The van der Waals surface area contributed by atoms with Gasteiger partial charge in [0.15, 0.2) is 5.76 Å². The second kappa shape index (κ2) is 7.13. The number of benzene rings is 1. The first-order valence-electron chi connectivity index (χ1n) is 8.07. The average molecular weight is 413 g/mol. The van der Waals surface area contributed by atoms with E-state index in [-0.39, 0.29) is 34.5 Å². The fourth-order valence-corrected chi connectivity index (χ4v) is 2.57. The molecule has 0 saturated heterocycles. The summed E-state index contributed by atoms with van der Waals surface area (Å²) in [6, 6.07) is 7.65. The molecule has 3 rings (SSSR count). The standard InChI is InChI=1S/C17H14F3N3O6/c1-10-8-16(25,17(18,19)20)22(21-10)15(24)14-7-6-13(29-14)9-28-12-4-2-11(3-5-12)23(26)27/h2-8,21,25H,9H2,1H3. The Morgan fingerprint density at radius 3 is 2.55 bits per heavy atom. The number of nitro groups is 1. The van der Waals surface area contributed by atoms with E-state index in [2.05, 4.69) is 5.43 Å². The number of furan rings is 1. The molecule has 29 heavy (non-hydrogen) atoms. The SMILES string of the molecule is CC1=CC(O)(C(F)(F)F)N(C(=O)c2ccc(COc3ccc([N+](=O)[O-])cc3)o2)N1. The quantitative estimate of drug-likeness (QED) is 0.572. The summed E-state index contributed by atoms with van der Waals surface area (Å²) in [5, 5.41) is 20.6. The fourth-order valence-electron chi connectivity index (χ4n) is 2.57. The summed E-state index contributed by atoms with van der Waals surface area (Å²) in [6.07, 6.45) is -4.66. The van der Waals surface area contributed by atoms with Crippen LogP contribution in [0.5, 0.6) is 5.75 Å². The molecule has 1 unspecified atom stereocenters. The number of halogens is 3. The van der Waals surface area contributed by atoms with Gasteiger partial charge in [0, 0.05) is 17.8 Å². The molecule has 1 aromatic carbocycles. The molecule has 9 nitrogen and oxygen atoms in total. The zero-order valence-corrected chi connectivity index (χ0v) is 14.8. The van der Waals surface area contributed by atoms with Gasteiger partial charge in [-0.05, 0) is 37.3 Å². The highest BCUT2D eigenvalue weighted by atomic mass is 19.4.